The zero-order valence-corrected chi connectivity index (χ0v) is 10.0. The molecule has 5 nitrogen and oxygen atoms in total. The van der Waals surface area contributed by atoms with Crippen LogP contribution in [0.25, 0.3) is 11.2 Å². The van der Waals surface area contributed by atoms with Crippen LogP contribution in [0.2, 0.25) is 5.02 Å². The molecule has 0 unspecified atom stereocenters. The predicted molar refractivity (Wildman–Crippen MR) is 66.0 cm³/mol. The molecule has 0 spiro atoms. The molecule has 1 aliphatic heterocycles. The highest BCUT2D eigenvalue weighted by atomic mass is 35.5. The normalized spacial score (nSPS) is 17.7. The molecule has 2 N–H and O–H groups in total. The van der Waals surface area contributed by atoms with Crippen LogP contribution in [0.3, 0.4) is 0 Å². The molecule has 3 rings (SSSR count). The highest BCUT2D eigenvalue weighted by Crippen LogP contribution is 2.28. The fraction of sp³-hybridized carbons (Fsp3) is 0.455. The summed E-state index contributed by atoms with van der Waals surface area (Å²) in [7, 11) is 0. The lowest BCUT2D eigenvalue weighted by Gasteiger charge is -2.24. The number of anilines is 1. The SMILES string of the molecule is Nc1nc2cc(Cl)cnc2n1C1CCOCC1. The number of hydrogen-bond acceptors (Lipinski definition) is 4. The van der Waals surface area contributed by atoms with Gasteiger partial charge in [-0.15, -0.1) is 0 Å². The Bertz CT molecular complexity index is 548. The van der Waals surface area contributed by atoms with E-state index in [1.54, 1.807) is 12.3 Å². The summed E-state index contributed by atoms with van der Waals surface area (Å²) >= 11 is 5.89. The van der Waals surface area contributed by atoms with E-state index in [4.69, 9.17) is 22.1 Å². The van der Waals surface area contributed by atoms with Crippen LogP contribution in [0.15, 0.2) is 12.3 Å². The number of nitrogens with two attached hydrogens (primary N) is 1. The van der Waals surface area contributed by atoms with Gasteiger partial charge in [0.05, 0.1) is 5.02 Å². The van der Waals surface area contributed by atoms with Crippen LogP contribution in [-0.4, -0.2) is 27.7 Å². The summed E-state index contributed by atoms with van der Waals surface area (Å²) < 4.78 is 7.35. The molecule has 6 heteroatoms. The van der Waals surface area contributed by atoms with E-state index < -0.39 is 0 Å². The molecule has 0 bridgehead atoms. The Morgan fingerprint density at radius 1 is 1.41 bits per heavy atom. The first kappa shape index (κ1) is 10.8. The van der Waals surface area contributed by atoms with E-state index in [2.05, 4.69) is 9.97 Å². The number of pyridine rings is 1. The van der Waals surface area contributed by atoms with Crippen molar-refractivity contribution in [1.29, 1.82) is 0 Å². The number of hydrogen-bond donors (Lipinski definition) is 1. The van der Waals surface area contributed by atoms with Gasteiger partial charge < -0.3 is 10.5 Å². The van der Waals surface area contributed by atoms with Crippen molar-refractivity contribution < 1.29 is 4.74 Å². The maximum atomic E-state index is 5.96. The molecule has 3 heterocycles. The van der Waals surface area contributed by atoms with E-state index in [1.807, 2.05) is 4.57 Å². The quantitative estimate of drug-likeness (QED) is 0.843. The molecule has 1 saturated heterocycles. The van der Waals surface area contributed by atoms with Gasteiger partial charge in [-0.3, -0.25) is 4.57 Å². The Balaban J connectivity index is 2.11. The minimum absolute atomic E-state index is 0.322. The minimum Gasteiger partial charge on any atom is -0.381 e. The Morgan fingerprint density at radius 3 is 2.94 bits per heavy atom. The monoisotopic (exact) mass is 252 g/mol. The Labute approximate surface area is 104 Å². The summed E-state index contributed by atoms with van der Waals surface area (Å²) in [5.41, 5.74) is 7.52. The third-order valence-electron chi connectivity index (χ3n) is 3.08. The molecular formula is C11H13ClN4O. The van der Waals surface area contributed by atoms with E-state index in [-0.39, 0.29) is 0 Å². The highest BCUT2D eigenvalue weighted by Gasteiger charge is 2.21. The lowest BCUT2D eigenvalue weighted by Crippen LogP contribution is -2.21. The Morgan fingerprint density at radius 2 is 2.18 bits per heavy atom. The number of fused-ring (bicyclic) bond motifs is 1. The van der Waals surface area contributed by atoms with Crippen LogP contribution in [0.1, 0.15) is 18.9 Å². The molecule has 0 aliphatic carbocycles. The largest absolute Gasteiger partial charge is 0.381 e. The molecule has 0 radical (unpaired) electrons. The average Bonchev–Trinajstić information content (AvgIpc) is 2.65. The summed E-state index contributed by atoms with van der Waals surface area (Å²) in [6, 6.07) is 2.11. The van der Waals surface area contributed by atoms with Gasteiger partial charge in [0.15, 0.2) is 5.65 Å². The van der Waals surface area contributed by atoms with Crippen LogP contribution in [0.5, 0.6) is 0 Å². The summed E-state index contributed by atoms with van der Waals surface area (Å²) in [6.45, 7) is 1.52. The van der Waals surface area contributed by atoms with E-state index in [1.165, 1.54) is 0 Å². The summed E-state index contributed by atoms with van der Waals surface area (Å²) in [5, 5.41) is 0.578. The zero-order valence-electron chi connectivity index (χ0n) is 9.27. The van der Waals surface area contributed by atoms with Crippen LogP contribution >= 0.6 is 11.6 Å². The molecule has 90 valence electrons. The molecule has 0 aromatic carbocycles. The smallest absolute Gasteiger partial charge is 0.202 e. The van der Waals surface area contributed by atoms with Gasteiger partial charge in [-0.25, -0.2) is 9.97 Å². The van der Waals surface area contributed by atoms with Gasteiger partial charge in [-0.05, 0) is 18.9 Å². The van der Waals surface area contributed by atoms with Crippen molar-refractivity contribution in [2.24, 2.45) is 0 Å². The zero-order chi connectivity index (χ0) is 11.8. The fourth-order valence-electron chi connectivity index (χ4n) is 2.28. The van der Waals surface area contributed by atoms with E-state index >= 15 is 0 Å². The predicted octanol–water partition coefficient (Wildman–Crippen LogP) is 2.02. The van der Waals surface area contributed by atoms with Crippen molar-refractivity contribution >= 4 is 28.7 Å². The standard InChI is InChI=1S/C11H13ClN4O/c12-7-5-9-10(14-6-7)16(11(13)15-9)8-1-3-17-4-2-8/h5-6,8H,1-4H2,(H2,13,15). The van der Waals surface area contributed by atoms with Gasteiger partial charge in [-0.2, -0.15) is 0 Å². The van der Waals surface area contributed by atoms with Crippen LogP contribution in [0.4, 0.5) is 5.95 Å². The van der Waals surface area contributed by atoms with Crippen molar-refractivity contribution in [3.8, 4) is 0 Å². The third kappa shape index (κ3) is 1.85. The Kier molecular flexibility index (Phi) is 2.64. The first-order valence-electron chi connectivity index (χ1n) is 5.62. The maximum Gasteiger partial charge on any atom is 0.202 e. The van der Waals surface area contributed by atoms with E-state index in [9.17, 15) is 0 Å². The lowest BCUT2D eigenvalue weighted by atomic mass is 10.1. The number of aromatic nitrogens is 3. The number of nitrogens with zero attached hydrogens (tertiary/aromatic N) is 3. The first-order valence-corrected chi connectivity index (χ1v) is 6.00. The van der Waals surface area contributed by atoms with Gasteiger partial charge in [0.2, 0.25) is 5.95 Å². The van der Waals surface area contributed by atoms with Crippen molar-refractivity contribution in [1.82, 2.24) is 14.5 Å². The third-order valence-corrected chi connectivity index (χ3v) is 3.29. The molecule has 0 atom stereocenters. The van der Waals surface area contributed by atoms with E-state index in [0.717, 1.165) is 37.2 Å². The second-order valence-corrected chi connectivity index (χ2v) is 4.62. The molecule has 0 saturated carbocycles. The van der Waals surface area contributed by atoms with Gasteiger partial charge in [0, 0.05) is 25.5 Å². The first-order chi connectivity index (χ1) is 8.25. The molecule has 2 aromatic rings. The van der Waals surface area contributed by atoms with Gasteiger partial charge in [0.25, 0.3) is 0 Å². The molecule has 1 fully saturated rings. The number of ether oxygens (including phenoxy) is 1. The van der Waals surface area contributed by atoms with Crippen molar-refractivity contribution in [3.05, 3.63) is 17.3 Å². The number of imidazole rings is 1. The van der Waals surface area contributed by atoms with Crippen LogP contribution < -0.4 is 5.73 Å². The van der Waals surface area contributed by atoms with Crippen molar-refractivity contribution in [2.45, 2.75) is 18.9 Å². The molecule has 1 aliphatic rings. The van der Waals surface area contributed by atoms with Crippen molar-refractivity contribution in [3.63, 3.8) is 0 Å². The molecule has 0 amide bonds. The number of halogens is 1. The number of rotatable bonds is 1. The average molecular weight is 253 g/mol. The molecule has 2 aromatic heterocycles. The van der Waals surface area contributed by atoms with Crippen LogP contribution in [-0.2, 0) is 4.74 Å². The Hall–Kier alpha value is -1.33. The fourth-order valence-corrected chi connectivity index (χ4v) is 2.43. The maximum absolute atomic E-state index is 5.96. The summed E-state index contributed by atoms with van der Waals surface area (Å²) in [4.78, 5) is 8.63. The minimum atomic E-state index is 0.322. The summed E-state index contributed by atoms with van der Waals surface area (Å²) in [6.07, 6.45) is 3.51. The van der Waals surface area contributed by atoms with Gasteiger partial charge in [0.1, 0.15) is 5.52 Å². The molecular weight excluding hydrogens is 240 g/mol. The second kappa shape index (κ2) is 4.16. The van der Waals surface area contributed by atoms with E-state index in [0.29, 0.717) is 17.0 Å². The second-order valence-electron chi connectivity index (χ2n) is 4.18. The number of nitrogen functional groups attached to an aromatic ring is 1. The van der Waals surface area contributed by atoms with Gasteiger partial charge >= 0.3 is 0 Å². The van der Waals surface area contributed by atoms with Gasteiger partial charge in [-0.1, -0.05) is 11.6 Å². The highest BCUT2D eigenvalue weighted by molar-refractivity contribution is 6.31. The topological polar surface area (TPSA) is 66.0 Å². The van der Waals surface area contributed by atoms with Crippen LogP contribution in [0, 0.1) is 0 Å². The van der Waals surface area contributed by atoms with Crippen molar-refractivity contribution in [2.75, 3.05) is 18.9 Å². The summed E-state index contributed by atoms with van der Waals surface area (Å²) in [5.74, 6) is 0.502. The molecule has 17 heavy (non-hydrogen) atoms. The lowest BCUT2D eigenvalue weighted by molar-refractivity contribution is 0.0710.